The number of nitrogens with zero attached hydrogens (tertiary/aromatic N) is 1. The van der Waals surface area contributed by atoms with Gasteiger partial charge in [-0.15, -0.1) is 0 Å². The van der Waals surface area contributed by atoms with E-state index in [9.17, 15) is 9.59 Å². The number of aromatic carboxylic acids is 1. The molecule has 0 saturated carbocycles. The zero-order chi connectivity index (χ0) is 13.7. The number of carbonyl (C=O) groups is 2. The number of carboxylic acids is 1. The molecule has 0 saturated heterocycles. The van der Waals surface area contributed by atoms with E-state index in [2.05, 4.69) is 4.98 Å². The maximum atomic E-state index is 12.1. The van der Waals surface area contributed by atoms with Crippen LogP contribution in [0.4, 0.5) is 0 Å². The minimum Gasteiger partial charge on any atom is -0.477 e. The highest BCUT2D eigenvalue weighted by Crippen LogP contribution is 2.11. The summed E-state index contributed by atoms with van der Waals surface area (Å²) in [6, 6.07) is 1.31. The number of ketones is 1. The van der Waals surface area contributed by atoms with E-state index in [0.29, 0.717) is 11.1 Å². The number of methoxy groups -OCH3 is 1. The number of hydrogen-bond donors (Lipinski definition) is 2. The quantitative estimate of drug-likeness (QED) is 0.582. The van der Waals surface area contributed by atoms with E-state index in [1.54, 1.807) is 25.2 Å². The van der Waals surface area contributed by atoms with E-state index in [0.717, 1.165) is 0 Å². The molecule has 0 aliphatic heterocycles. The van der Waals surface area contributed by atoms with E-state index in [1.165, 1.54) is 19.4 Å². The van der Waals surface area contributed by atoms with Crippen LogP contribution in [0.3, 0.4) is 0 Å². The minimum atomic E-state index is -1.10. The van der Waals surface area contributed by atoms with Crippen LogP contribution in [0.1, 0.15) is 20.8 Å². The Labute approximate surface area is 105 Å². The predicted octanol–water partition coefficient (Wildman–Crippen LogP) is 0.987. The fraction of sp³-hybridized carbons (Fsp3) is 0.333. The molecule has 6 heteroatoms. The van der Waals surface area contributed by atoms with Crippen LogP contribution < -0.4 is 0 Å². The van der Waals surface area contributed by atoms with Gasteiger partial charge in [-0.1, -0.05) is 0 Å². The first-order valence-corrected chi connectivity index (χ1v) is 5.28. The van der Waals surface area contributed by atoms with Crippen LogP contribution in [0.2, 0.25) is 0 Å². The van der Waals surface area contributed by atoms with Crippen molar-refractivity contribution in [1.82, 2.24) is 9.88 Å². The van der Waals surface area contributed by atoms with Crippen LogP contribution >= 0.6 is 0 Å². The van der Waals surface area contributed by atoms with Crippen LogP contribution in [-0.4, -0.2) is 54.6 Å². The molecule has 6 nitrogen and oxygen atoms in total. The van der Waals surface area contributed by atoms with Gasteiger partial charge in [-0.05, 0) is 6.07 Å². The molecule has 2 N–H and O–H groups in total. The Morgan fingerprint density at radius 1 is 1.50 bits per heavy atom. The fourth-order valence-electron chi connectivity index (χ4n) is 1.46. The Bertz CT molecular complexity index is 474. The lowest BCUT2D eigenvalue weighted by atomic mass is 10.1. The number of nitrogens with one attached hydrogen (secondary N) is 1. The second kappa shape index (κ2) is 6.02. The highest BCUT2D eigenvalue weighted by atomic mass is 16.5. The third-order valence-corrected chi connectivity index (χ3v) is 2.18. The monoisotopic (exact) mass is 252 g/mol. The second-order valence-electron chi connectivity index (χ2n) is 3.99. The Hall–Kier alpha value is -2.08. The van der Waals surface area contributed by atoms with Gasteiger partial charge in [0.1, 0.15) is 5.69 Å². The fourth-order valence-corrected chi connectivity index (χ4v) is 1.46. The number of Topliss-reactive ketones (excluding diaryl/α,β-unsaturated/α-hetero) is 1. The third kappa shape index (κ3) is 3.46. The molecule has 1 aromatic heterocycles. The van der Waals surface area contributed by atoms with Gasteiger partial charge in [0.25, 0.3) is 0 Å². The Morgan fingerprint density at radius 2 is 2.17 bits per heavy atom. The lowest BCUT2D eigenvalue weighted by Crippen LogP contribution is -2.13. The molecule has 0 spiro atoms. The molecule has 0 aliphatic rings. The largest absolute Gasteiger partial charge is 0.477 e. The molecular weight excluding hydrogens is 236 g/mol. The van der Waals surface area contributed by atoms with Crippen molar-refractivity contribution in [2.45, 2.75) is 0 Å². The molecule has 0 bridgehead atoms. The van der Waals surface area contributed by atoms with Crippen LogP contribution in [0.5, 0.6) is 0 Å². The molecule has 1 aromatic rings. The third-order valence-electron chi connectivity index (χ3n) is 2.18. The summed E-state index contributed by atoms with van der Waals surface area (Å²) in [5.41, 5.74) is 0.746. The van der Waals surface area contributed by atoms with Crippen LogP contribution in [0, 0.1) is 0 Å². The molecule has 0 amide bonds. The normalized spacial score (nSPS) is 11.4. The van der Waals surface area contributed by atoms with Gasteiger partial charge in [-0.25, -0.2) is 4.79 Å². The summed E-state index contributed by atoms with van der Waals surface area (Å²) in [4.78, 5) is 27.1. The smallest absolute Gasteiger partial charge is 0.352 e. The molecule has 1 heterocycles. The molecule has 1 rings (SSSR count). The van der Waals surface area contributed by atoms with Crippen LogP contribution in [0.15, 0.2) is 24.0 Å². The number of carbonyl (C=O) groups excluding carboxylic acids is 1. The van der Waals surface area contributed by atoms with E-state index >= 15 is 0 Å². The summed E-state index contributed by atoms with van der Waals surface area (Å²) >= 11 is 0. The molecule has 18 heavy (non-hydrogen) atoms. The van der Waals surface area contributed by atoms with Crippen LogP contribution in [0.25, 0.3) is 0 Å². The van der Waals surface area contributed by atoms with Crippen molar-refractivity contribution in [2.75, 3.05) is 27.8 Å². The van der Waals surface area contributed by atoms with Crippen molar-refractivity contribution in [3.05, 3.63) is 35.3 Å². The van der Waals surface area contributed by atoms with Gasteiger partial charge < -0.3 is 19.7 Å². The number of aromatic nitrogens is 1. The molecule has 0 unspecified atom stereocenters. The molecule has 0 atom stereocenters. The number of ether oxygens (including phenoxy) is 1. The maximum Gasteiger partial charge on any atom is 0.352 e. The summed E-state index contributed by atoms with van der Waals surface area (Å²) in [5.74, 6) is -1.35. The van der Waals surface area contributed by atoms with Crippen molar-refractivity contribution < 1.29 is 19.4 Å². The van der Waals surface area contributed by atoms with Gasteiger partial charge in [0, 0.05) is 44.7 Å². The lowest BCUT2D eigenvalue weighted by Gasteiger charge is -2.09. The molecule has 0 fully saturated rings. The van der Waals surface area contributed by atoms with Crippen molar-refractivity contribution >= 4 is 11.8 Å². The average Bonchev–Trinajstić information content (AvgIpc) is 2.76. The number of H-pyrrole nitrogens is 1. The van der Waals surface area contributed by atoms with Crippen LogP contribution in [-0.2, 0) is 4.74 Å². The first kappa shape index (κ1) is 14.0. The highest BCUT2D eigenvalue weighted by Gasteiger charge is 2.16. The van der Waals surface area contributed by atoms with Gasteiger partial charge in [0.15, 0.2) is 5.78 Å². The second-order valence-corrected chi connectivity index (χ2v) is 3.99. The zero-order valence-electron chi connectivity index (χ0n) is 10.6. The number of aromatic amines is 1. The topological polar surface area (TPSA) is 82.6 Å². The predicted molar refractivity (Wildman–Crippen MR) is 65.7 cm³/mol. The number of hydrogen-bond acceptors (Lipinski definition) is 4. The molecule has 0 radical (unpaired) electrons. The van der Waals surface area contributed by atoms with Gasteiger partial charge in [0.05, 0.1) is 6.61 Å². The molecular formula is C12H16N2O4. The standard InChI is InChI=1S/C12H16N2O4/c1-14(2)6-9(7-18-3)11(15)8-4-10(12(16)17)13-5-8/h4-6,13H,7H2,1-3H3,(H,16,17). The first-order valence-electron chi connectivity index (χ1n) is 5.28. The zero-order valence-corrected chi connectivity index (χ0v) is 10.6. The lowest BCUT2D eigenvalue weighted by molar-refractivity contribution is 0.0691. The molecule has 98 valence electrons. The summed E-state index contributed by atoms with van der Waals surface area (Å²) < 4.78 is 4.96. The van der Waals surface area contributed by atoms with Crippen molar-refractivity contribution in [1.29, 1.82) is 0 Å². The Balaban J connectivity index is 2.98. The molecule has 0 aromatic carbocycles. The van der Waals surface area contributed by atoms with Crippen molar-refractivity contribution in [3.63, 3.8) is 0 Å². The van der Waals surface area contributed by atoms with Crippen molar-refractivity contribution in [3.8, 4) is 0 Å². The Kier molecular flexibility index (Phi) is 4.67. The summed E-state index contributed by atoms with van der Waals surface area (Å²) in [6.45, 7) is 0.171. The first-order chi connectivity index (χ1) is 8.45. The van der Waals surface area contributed by atoms with E-state index in [1.807, 2.05) is 0 Å². The SMILES string of the molecule is COCC(=CN(C)C)C(=O)c1c[nH]c(C(=O)O)c1. The number of carboxylic acid groups (broad SMARTS) is 1. The van der Waals surface area contributed by atoms with Crippen molar-refractivity contribution in [2.24, 2.45) is 0 Å². The van der Waals surface area contributed by atoms with Gasteiger partial charge in [-0.3, -0.25) is 4.79 Å². The molecule has 0 aliphatic carbocycles. The van der Waals surface area contributed by atoms with Gasteiger partial charge in [0.2, 0.25) is 0 Å². The summed E-state index contributed by atoms with van der Waals surface area (Å²) in [5, 5.41) is 8.78. The highest BCUT2D eigenvalue weighted by molar-refractivity contribution is 6.09. The Morgan fingerprint density at radius 3 is 2.61 bits per heavy atom. The van der Waals surface area contributed by atoms with Gasteiger partial charge in [-0.2, -0.15) is 0 Å². The minimum absolute atomic E-state index is 0.0139. The van der Waals surface area contributed by atoms with E-state index < -0.39 is 5.97 Å². The van der Waals surface area contributed by atoms with E-state index in [-0.39, 0.29) is 18.1 Å². The summed E-state index contributed by atoms with van der Waals surface area (Å²) in [7, 11) is 5.09. The number of rotatable bonds is 6. The average molecular weight is 252 g/mol. The van der Waals surface area contributed by atoms with Gasteiger partial charge >= 0.3 is 5.97 Å². The maximum absolute atomic E-state index is 12.1. The summed E-state index contributed by atoms with van der Waals surface area (Å²) in [6.07, 6.45) is 3.03. The van der Waals surface area contributed by atoms with E-state index in [4.69, 9.17) is 9.84 Å².